The number of unbranched alkanes of at least 4 members (excludes halogenated alkanes) is 57. The summed E-state index contributed by atoms with van der Waals surface area (Å²) in [5.41, 5.74) is 0. The zero-order valence-corrected chi connectivity index (χ0v) is 53.2. The van der Waals surface area contributed by atoms with Gasteiger partial charge in [0.2, 0.25) is 5.91 Å². The van der Waals surface area contributed by atoms with Crippen LogP contribution in [-0.2, 0) is 14.3 Å². The summed E-state index contributed by atoms with van der Waals surface area (Å²) >= 11 is 0. The summed E-state index contributed by atoms with van der Waals surface area (Å²) in [5.74, 6) is -0.0443. The van der Waals surface area contributed by atoms with Crippen molar-refractivity contribution in [1.29, 1.82) is 0 Å². The minimum atomic E-state index is -0.845. The molecule has 0 bridgehead atoms. The van der Waals surface area contributed by atoms with Crippen molar-refractivity contribution in [2.24, 2.45) is 0 Å². The van der Waals surface area contributed by atoms with Gasteiger partial charge in [0.1, 0.15) is 0 Å². The number of rotatable bonds is 68. The van der Waals surface area contributed by atoms with Crippen LogP contribution in [0, 0.1) is 0 Å². The van der Waals surface area contributed by atoms with Crippen molar-refractivity contribution in [2.45, 2.75) is 424 Å². The van der Waals surface area contributed by atoms with Crippen LogP contribution in [0.3, 0.4) is 0 Å². The van der Waals surface area contributed by atoms with E-state index in [2.05, 4.69) is 19.2 Å². The maximum Gasteiger partial charge on any atom is 0.305 e. The predicted octanol–water partition coefficient (Wildman–Crippen LogP) is 23.1. The van der Waals surface area contributed by atoms with Crippen molar-refractivity contribution in [3.05, 3.63) is 12.2 Å². The average molecular weight is 1100 g/mol. The first-order valence-electron chi connectivity index (χ1n) is 36.0. The van der Waals surface area contributed by atoms with Crippen molar-refractivity contribution < 1.29 is 24.5 Å². The summed E-state index contributed by atoms with van der Waals surface area (Å²) in [6, 6.07) is -0.628. The van der Waals surface area contributed by atoms with Gasteiger partial charge in [-0.1, -0.05) is 379 Å². The molecule has 0 fully saturated rings. The molecule has 6 heteroatoms. The summed E-state index contributed by atoms with van der Waals surface area (Å²) < 4.78 is 5.50. The molecular formula is C72H141NO5. The zero-order chi connectivity index (χ0) is 56.4. The molecular weight excluding hydrogens is 959 g/mol. The summed E-state index contributed by atoms with van der Waals surface area (Å²) in [6.07, 6.45) is 84.3. The van der Waals surface area contributed by atoms with E-state index in [0.717, 1.165) is 38.5 Å². The van der Waals surface area contributed by atoms with E-state index in [1.165, 1.54) is 347 Å². The standard InChI is InChI=1S/C72H141NO5/c1-3-5-7-9-11-13-15-17-19-20-21-22-24-27-30-33-37-40-44-48-52-56-60-64-70(75)69(68-74)73-71(76)65-61-57-53-49-45-41-38-34-31-28-25-23-26-29-32-35-39-43-47-51-55-59-63-67-78-72(77)66-62-58-54-50-46-42-36-18-16-14-12-10-8-6-4-2/h60,64,69-70,74-75H,3-59,61-63,65-68H2,1-2H3,(H,73,76)/b64-60+. The number of aliphatic hydroxyl groups excluding tert-OH is 2. The fraction of sp³-hybridized carbons (Fsp3) is 0.944. The molecule has 2 unspecified atom stereocenters. The number of nitrogens with one attached hydrogen (secondary N) is 1. The Balaban J connectivity index is 3.39. The van der Waals surface area contributed by atoms with Gasteiger partial charge in [0.05, 0.1) is 25.4 Å². The van der Waals surface area contributed by atoms with Gasteiger partial charge in [-0.2, -0.15) is 0 Å². The Bertz CT molecular complexity index is 1180. The monoisotopic (exact) mass is 1100 g/mol. The molecule has 0 aliphatic heterocycles. The molecule has 6 nitrogen and oxygen atoms in total. The number of allylic oxidation sites excluding steroid dienone is 1. The van der Waals surface area contributed by atoms with Crippen molar-refractivity contribution in [1.82, 2.24) is 5.32 Å². The number of esters is 1. The normalized spacial score (nSPS) is 12.5. The second-order valence-electron chi connectivity index (χ2n) is 24.9. The van der Waals surface area contributed by atoms with Crippen LogP contribution in [0.1, 0.15) is 412 Å². The van der Waals surface area contributed by atoms with Gasteiger partial charge in [-0.15, -0.1) is 0 Å². The van der Waals surface area contributed by atoms with E-state index >= 15 is 0 Å². The van der Waals surface area contributed by atoms with E-state index in [-0.39, 0.29) is 18.5 Å². The van der Waals surface area contributed by atoms with Crippen LogP contribution in [0.5, 0.6) is 0 Å². The number of amides is 1. The van der Waals surface area contributed by atoms with E-state index in [1.54, 1.807) is 6.08 Å². The van der Waals surface area contributed by atoms with Gasteiger partial charge < -0.3 is 20.3 Å². The fourth-order valence-corrected chi connectivity index (χ4v) is 11.6. The molecule has 0 saturated heterocycles. The lowest BCUT2D eigenvalue weighted by molar-refractivity contribution is -0.143. The number of aliphatic hydroxyl groups is 2. The van der Waals surface area contributed by atoms with E-state index in [1.807, 2.05) is 6.08 Å². The Labute approximate surface area is 489 Å². The lowest BCUT2D eigenvalue weighted by Crippen LogP contribution is -2.45. The van der Waals surface area contributed by atoms with Gasteiger partial charge in [0.25, 0.3) is 0 Å². The predicted molar refractivity (Wildman–Crippen MR) is 343 cm³/mol. The summed E-state index contributed by atoms with van der Waals surface area (Å²) in [7, 11) is 0. The zero-order valence-electron chi connectivity index (χ0n) is 53.2. The molecule has 0 rings (SSSR count). The Kier molecular flexibility index (Phi) is 66.9. The van der Waals surface area contributed by atoms with Gasteiger partial charge in [-0.05, 0) is 32.1 Å². The maximum atomic E-state index is 12.5. The van der Waals surface area contributed by atoms with Gasteiger partial charge in [-0.25, -0.2) is 0 Å². The molecule has 0 aromatic carbocycles. The number of carbonyl (C=O) groups excluding carboxylic acids is 2. The van der Waals surface area contributed by atoms with Crippen LogP contribution in [0.4, 0.5) is 0 Å². The van der Waals surface area contributed by atoms with Gasteiger partial charge in [-0.3, -0.25) is 9.59 Å². The van der Waals surface area contributed by atoms with Crippen molar-refractivity contribution in [2.75, 3.05) is 13.2 Å². The van der Waals surface area contributed by atoms with Crippen molar-refractivity contribution in [3.8, 4) is 0 Å². The van der Waals surface area contributed by atoms with Gasteiger partial charge >= 0.3 is 5.97 Å². The first kappa shape index (κ1) is 76.6. The van der Waals surface area contributed by atoms with Crippen LogP contribution in [-0.4, -0.2) is 47.4 Å². The van der Waals surface area contributed by atoms with Crippen LogP contribution in [0.25, 0.3) is 0 Å². The molecule has 0 radical (unpaired) electrons. The third-order valence-corrected chi connectivity index (χ3v) is 17.1. The smallest absolute Gasteiger partial charge is 0.305 e. The molecule has 0 spiro atoms. The van der Waals surface area contributed by atoms with Crippen LogP contribution in [0.15, 0.2) is 12.2 Å². The molecule has 2 atom stereocenters. The van der Waals surface area contributed by atoms with Crippen LogP contribution < -0.4 is 5.32 Å². The summed E-state index contributed by atoms with van der Waals surface area (Å²) in [6.45, 7) is 4.95. The molecule has 0 aliphatic rings. The Morgan fingerprint density at radius 2 is 0.590 bits per heavy atom. The average Bonchev–Trinajstić information content (AvgIpc) is 3.44. The molecule has 3 N–H and O–H groups in total. The first-order valence-corrected chi connectivity index (χ1v) is 36.0. The highest BCUT2D eigenvalue weighted by molar-refractivity contribution is 5.76. The van der Waals surface area contributed by atoms with Crippen LogP contribution in [0.2, 0.25) is 0 Å². The Hall–Kier alpha value is -1.40. The summed E-state index contributed by atoms with van der Waals surface area (Å²) in [4.78, 5) is 24.6. The molecule has 0 heterocycles. The third-order valence-electron chi connectivity index (χ3n) is 17.1. The Morgan fingerprint density at radius 3 is 0.872 bits per heavy atom. The van der Waals surface area contributed by atoms with Gasteiger partial charge in [0, 0.05) is 12.8 Å². The molecule has 0 saturated carbocycles. The highest BCUT2D eigenvalue weighted by Gasteiger charge is 2.18. The number of carbonyl (C=O) groups is 2. The second kappa shape index (κ2) is 68.1. The van der Waals surface area contributed by atoms with Crippen molar-refractivity contribution in [3.63, 3.8) is 0 Å². The minimum Gasteiger partial charge on any atom is -0.466 e. The number of hydrogen-bond donors (Lipinski definition) is 3. The highest BCUT2D eigenvalue weighted by Crippen LogP contribution is 2.19. The molecule has 0 aromatic heterocycles. The molecule has 1 amide bonds. The molecule has 0 aliphatic carbocycles. The molecule has 464 valence electrons. The minimum absolute atomic E-state index is 0.0180. The maximum absolute atomic E-state index is 12.5. The van der Waals surface area contributed by atoms with E-state index in [4.69, 9.17) is 4.74 Å². The van der Waals surface area contributed by atoms with E-state index in [9.17, 15) is 19.8 Å². The topological polar surface area (TPSA) is 95.9 Å². The van der Waals surface area contributed by atoms with E-state index in [0.29, 0.717) is 19.4 Å². The lowest BCUT2D eigenvalue weighted by atomic mass is 10.0. The van der Waals surface area contributed by atoms with Gasteiger partial charge in [0.15, 0.2) is 0 Å². The Morgan fingerprint density at radius 1 is 0.346 bits per heavy atom. The quantitative estimate of drug-likeness (QED) is 0.0320. The second-order valence-corrected chi connectivity index (χ2v) is 24.9. The number of hydrogen-bond acceptors (Lipinski definition) is 5. The highest BCUT2D eigenvalue weighted by atomic mass is 16.5. The van der Waals surface area contributed by atoms with E-state index < -0.39 is 12.1 Å². The third kappa shape index (κ3) is 63.8. The fourth-order valence-electron chi connectivity index (χ4n) is 11.6. The van der Waals surface area contributed by atoms with Crippen molar-refractivity contribution >= 4 is 11.9 Å². The van der Waals surface area contributed by atoms with Crippen LogP contribution >= 0.6 is 0 Å². The molecule has 0 aromatic rings. The molecule has 78 heavy (non-hydrogen) atoms. The SMILES string of the molecule is CCCCCCCCCCCCCCCCCCCCCCC/C=C/C(O)C(CO)NC(=O)CCCCCCCCCCCCCCCCCCCCCCCCCOC(=O)CCCCCCCCCCCCCCCCC. The number of ether oxygens (including phenoxy) is 1. The largest absolute Gasteiger partial charge is 0.466 e. The first-order chi connectivity index (χ1) is 38.5. The lowest BCUT2D eigenvalue weighted by Gasteiger charge is -2.20. The summed E-state index contributed by atoms with van der Waals surface area (Å²) in [5, 5.41) is 23.3.